The molecule has 0 bridgehead atoms. The standard InChI is InChI=1S/C13H13N3O6S/c1-20-9-7-10(16-13(15-9)23(3,18)19)22-8-5-4-6-14-11(8)12(17)21-2/h4-7H,1-3H3. The zero-order chi connectivity index (χ0) is 17.0. The lowest BCUT2D eigenvalue weighted by atomic mass is 10.3. The summed E-state index contributed by atoms with van der Waals surface area (Å²) in [5.41, 5.74) is -0.0755. The Morgan fingerprint density at radius 3 is 2.48 bits per heavy atom. The number of pyridine rings is 1. The Labute approximate surface area is 132 Å². The number of nitrogens with zero attached hydrogens (tertiary/aromatic N) is 3. The average Bonchev–Trinajstić information content (AvgIpc) is 2.53. The fourth-order valence-corrected chi connectivity index (χ4v) is 2.05. The lowest BCUT2D eigenvalue weighted by Gasteiger charge is -2.09. The van der Waals surface area contributed by atoms with Crippen molar-refractivity contribution < 1.29 is 27.4 Å². The van der Waals surface area contributed by atoms with Crippen molar-refractivity contribution >= 4 is 15.8 Å². The quantitative estimate of drug-likeness (QED) is 0.577. The first-order chi connectivity index (χ1) is 10.8. The maximum Gasteiger partial charge on any atom is 0.360 e. The van der Waals surface area contributed by atoms with Gasteiger partial charge in [0, 0.05) is 12.5 Å². The number of methoxy groups -OCH3 is 2. The maximum atomic E-state index is 11.7. The zero-order valence-corrected chi connectivity index (χ0v) is 13.3. The van der Waals surface area contributed by atoms with Crippen LogP contribution < -0.4 is 9.47 Å². The molecule has 0 fully saturated rings. The highest BCUT2D eigenvalue weighted by Crippen LogP contribution is 2.26. The van der Waals surface area contributed by atoms with Crippen LogP contribution in [0.5, 0.6) is 17.5 Å². The van der Waals surface area contributed by atoms with Crippen LogP contribution in [0.4, 0.5) is 0 Å². The number of carbonyl (C=O) groups is 1. The van der Waals surface area contributed by atoms with E-state index in [0.717, 1.165) is 6.26 Å². The van der Waals surface area contributed by atoms with Gasteiger partial charge in [-0.15, -0.1) is 0 Å². The van der Waals surface area contributed by atoms with E-state index in [1.807, 2.05) is 0 Å². The van der Waals surface area contributed by atoms with Crippen LogP contribution in [-0.2, 0) is 14.6 Å². The number of rotatable bonds is 5. The number of hydrogen-bond donors (Lipinski definition) is 0. The number of esters is 1. The second-order valence-corrected chi connectivity index (χ2v) is 6.16. The van der Waals surface area contributed by atoms with Crippen molar-refractivity contribution in [3.05, 3.63) is 30.1 Å². The summed E-state index contributed by atoms with van der Waals surface area (Å²) < 4.78 is 38.2. The summed E-state index contributed by atoms with van der Waals surface area (Å²) in [5.74, 6) is -0.765. The van der Waals surface area contributed by atoms with Crippen LogP contribution in [0.3, 0.4) is 0 Å². The Balaban J connectivity index is 2.47. The van der Waals surface area contributed by atoms with Crippen LogP contribution in [0, 0.1) is 0 Å². The van der Waals surface area contributed by atoms with Crippen LogP contribution in [0.2, 0.25) is 0 Å². The summed E-state index contributed by atoms with van der Waals surface area (Å²) in [5, 5.41) is -0.463. The monoisotopic (exact) mass is 339 g/mol. The van der Waals surface area contributed by atoms with E-state index >= 15 is 0 Å². The number of aromatic nitrogens is 3. The highest BCUT2D eigenvalue weighted by molar-refractivity contribution is 7.90. The topological polar surface area (TPSA) is 118 Å². The predicted molar refractivity (Wildman–Crippen MR) is 77.3 cm³/mol. The van der Waals surface area contributed by atoms with Crippen molar-refractivity contribution in [3.8, 4) is 17.5 Å². The molecular formula is C13H13N3O6S. The van der Waals surface area contributed by atoms with Crippen LogP contribution in [0.15, 0.2) is 29.6 Å². The van der Waals surface area contributed by atoms with E-state index < -0.39 is 21.0 Å². The molecule has 2 aromatic rings. The van der Waals surface area contributed by atoms with Gasteiger partial charge in [0.25, 0.3) is 5.16 Å². The molecule has 0 saturated heterocycles. The van der Waals surface area contributed by atoms with Gasteiger partial charge in [-0.05, 0) is 12.1 Å². The SMILES string of the molecule is COC(=O)c1ncccc1Oc1cc(OC)nc(S(C)(=O)=O)n1. The number of ether oxygens (including phenoxy) is 3. The Hall–Kier alpha value is -2.75. The first-order valence-corrected chi connectivity index (χ1v) is 8.08. The molecule has 0 amide bonds. The van der Waals surface area contributed by atoms with Crippen molar-refractivity contribution in [3.63, 3.8) is 0 Å². The second kappa shape index (κ2) is 6.57. The van der Waals surface area contributed by atoms with Gasteiger partial charge in [0.15, 0.2) is 11.4 Å². The van der Waals surface area contributed by atoms with Crippen molar-refractivity contribution in [2.24, 2.45) is 0 Å². The molecule has 2 rings (SSSR count). The van der Waals surface area contributed by atoms with E-state index in [1.54, 1.807) is 0 Å². The molecule has 0 N–H and O–H groups in total. The summed E-state index contributed by atoms with van der Waals surface area (Å²) in [4.78, 5) is 23.0. The van der Waals surface area contributed by atoms with Crippen molar-refractivity contribution in [1.29, 1.82) is 0 Å². The fourth-order valence-electron chi connectivity index (χ4n) is 1.54. The minimum Gasteiger partial charge on any atom is -0.481 e. The lowest BCUT2D eigenvalue weighted by Crippen LogP contribution is -2.08. The van der Waals surface area contributed by atoms with Gasteiger partial charge < -0.3 is 14.2 Å². The predicted octanol–water partition coefficient (Wildman–Crippen LogP) is 0.863. The number of carbonyl (C=O) groups excluding carboxylic acids is 1. The Morgan fingerprint density at radius 2 is 1.87 bits per heavy atom. The third-order valence-electron chi connectivity index (χ3n) is 2.56. The molecular weight excluding hydrogens is 326 g/mol. The molecule has 0 atom stereocenters. The Morgan fingerprint density at radius 1 is 1.17 bits per heavy atom. The first-order valence-electron chi connectivity index (χ1n) is 6.19. The van der Waals surface area contributed by atoms with Crippen molar-refractivity contribution in [1.82, 2.24) is 15.0 Å². The van der Waals surface area contributed by atoms with E-state index in [9.17, 15) is 13.2 Å². The van der Waals surface area contributed by atoms with Gasteiger partial charge in [0.1, 0.15) is 0 Å². The fraction of sp³-hybridized carbons (Fsp3) is 0.231. The van der Waals surface area contributed by atoms with Gasteiger partial charge in [-0.1, -0.05) is 0 Å². The molecule has 0 aliphatic heterocycles. The van der Waals surface area contributed by atoms with Gasteiger partial charge in [0.05, 0.1) is 20.3 Å². The second-order valence-electron chi connectivity index (χ2n) is 4.25. The van der Waals surface area contributed by atoms with E-state index in [0.29, 0.717) is 0 Å². The van der Waals surface area contributed by atoms with Crippen molar-refractivity contribution in [2.45, 2.75) is 5.16 Å². The first kappa shape index (κ1) is 16.6. The average molecular weight is 339 g/mol. The molecule has 10 heteroatoms. The molecule has 0 saturated carbocycles. The van der Waals surface area contributed by atoms with Crippen molar-refractivity contribution in [2.75, 3.05) is 20.5 Å². The molecule has 0 aliphatic carbocycles. The summed E-state index contributed by atoms with van der Waals surface area (Å²) in [7, 11) is -1.14. The van der Waals surface area contributed by atoms with Gasteiger partial charge in [0.2, 0.25) is 21.6 Å². The zero-order valence-electron chi connectivity index (χ0n) is 12.5. The molecule has 0 spiro atoms. The molecule has 23 heavy (non-hydrogen) atoms. The molecule has 0 aromatic carbocycles. The highest BCUT2D eigenvalue weighted by Gasteiger charge is 2.19. The summed E-state index contributed by atoms with van der Waals surface area (Å²) in [6.07, 6.45) is 2.34. The normalized spacial score (nSPS) is 10.9. The van der Waals surface area contributed by atoms with Gasteiger partial charge in [-0.25, -0.2) is 18.2 Å². The molecule has 0 radical (unpaired) electrons. The van der Waals surface area contributed by atoms with E-state index in [1.165, 1.54) is 38.6 Å². The summed E-state index contributed by atoms with van der Waals surface area (Å²) >= 11 is 0. The largest absolute Gasteiger partial charge is 0.481 e. The molecule has 0 unspecified atom stereocenters. The summed E-state index contributed by atoms with van der Waals surface area (Å²) in [6.45, 7) is 0. The van der Waals surface area contributed by atoms with Crippen LogP contribution in [0.25, 0.3) is 0 Å². The van der Waals surface area contributed by atoms with Crippen LogP contribution in [0.1, 0.15) is 10.5 Å². The third kappa shape index (κ3) is 3.92. The molecule has 2 heterocycles. The molecule has 9 nitrogen and oxygen atoms in total. The van der Waals surface area contributed by atoms with E-state index in [2.05, 4.69) is 19.7 Å². The van der Waals surface area contributed by atoms with Crippen LogP contribution >= 0.6 is 0 Å². The minimum absolute atomic E-state index is 0.000988. The smallest absolute Gasteiger partial charge is 0.360 e. The van der Waals surface area contributed by atoms with E-state index in [-0.39, 0.29) is 23.2 Å². The Bertz CT molecular complexity index is 837. The number of hydrogen-bond acceptors (Lipinski definition) is 9. The van der Waals surface area contributed by atoms with Gasteiger partial charge in [-0.2, -0.15) is 9.97 Å². The third-order valence-corrected chi connectivity index (χ3v) is 3.41. The summed E-state index contributed by atoms with van der Waals surface area (Å²) in [6, 6.07) is 4.29. The van der Waals surface area contributed by atoms with Gasteiger partial charge in [-0.3, -0.25) is 0 Å². The van der Waals surface area contributed by atoms with E-state index in [4.69, 9.17) is 9.47 Å². The number of sulfone groups is 1. The minimum atomic E-state index is -3.67. The molecule has 2 aromatic heterocycles. The lowest BCUT2D eigenvalue weighted by molar-refractivity contribution is 0.0591. The maximum absolute atomic E-state index is 11.7. The van der Waals surface area contributed by atoms with Gasteiger partial charge >= 0.3 is 5.97 Å². The highest BCUT2D eigenvalue weighted by atomic mass is 32.2. The molecule has 0 aliphatic rings. The van der Waals surface area contributed by atoms with Crippen LogP contribution in [-0.4, -0.2) is 49.8 Å². The Kier molecular flexibility index (Phi) is 4.74. The molecule has 122 valence electrons.